The molecule has 35 heavy (non-hydrogen) atoms. The van der Waals surface area contributed by atoms with E-state index in [1.165, 1.54) is 0 Å². The van der Waals surface area contributed by atoms with Crippen LogP contribution < -0.4 is 10.2 Å². The van der Waals surface area contributed by atoms with Gasteiger partial charge in [0.25, 0.3) is 5.91 Å². The average molecular weight is 597 g/mol. The summed E-state index contributed by atoms with van der Waals surface area (Å²) >= 11 is 6.91. The van der Waals surface area contributed by atoms with Crippen LogP contribution >= 0.6 is 31.9 Å². The molecule has 5 rings (SSSR count). The molecule has 2 heterocycles. The fourth-order valence-electron chi connectivity index (χ4n) is 4.47. The summed E-state index contributed by atoms with van der Waals surface area (Å²) in [5.41, 5.74) is 2.57. The summed E-state index contributed by atoms with van der Waals surface area (Å²) in [5.74, 6) is 0.0196. The number of hydrogen-bond donors (Lipinski definition) is 1. The highest BCUT2D eigenvalue weighted by Gasteiger charge is 2.49. The summed E-state index contributed by atoms with van der Waals surface area (Å²) < 4.78 is 7.88. The van der Waals surface area contributed by atoms with Gasteiger partial charge in [0.15, 0.2) is 0 Å². The van der Waals surface area contributed by atoms with Crippen LogP contribution in [-0.2, 0) is 9.53 Å². The second kappa shape index (κ2) is 9.87. The van der Waals surface area contributed by atoms with Crippen LogP contribution in [0.3, 0.4) is 0 Å². The van der Waals surface area contributed by atoms with Gasteiger partial charge in [-0.25, -0.2) is 4.79 Å². The summed E-state index contributed by atoms with van der Waals surface area (Å²) in [5, 5.41) is 3.01. The van der Waals surface area contributed by atoms with Gasteiger partial charge in [0.05, 0.1) is 12.1 Å². The van der Waals surface area contributed by atoms with Gasteiger partial charge in [-0.1, -0.05) is 69.1 Å². The predicted molar refractivity (Wildman–Crippen MR) is 143 cm³/mol. The Hall–Kier alpha value is -3.10. The van der Waals surface area contributed by atoms with Crippen molar-refractivity contribution in [3.05, 3.63) is 105 Å². The van der Waals surface area contributed by atoms with Crippen LogP contribution in [0, 0.1) is 0 Å². The van der Waals surface area contributed by atoms with Crippen molar-refractivity contribution in [1.82, 2.24) is 4.90 Å². The number of rotatable bonds is 5. The first-order valence-corrected chi connectivity index (χ1v) is 12.9. The van der Waals surface area contributed by atoms with Crippen molar-refractivity contribution in [3.8, 4) is 0 Å². The van der Waals surface area contributed by atoms with Gasteiger partial charge in [0.2, 0.25) is 5.88 Å². The van der Waals surface area contributed by atoms with E-state index >= 15 is 0 Å². The lowest BCUT2D eigenvalue weighted by Gasteiger charge is -2.41. The topological polar surface area (TPSA) is 61.9 Å². The third-order valence-corrected chi connectivity index (χ3v) is 7.27. The molecule has 1 N–H and O–H groups in total. The Kier molecular flexibility index (Phi) is 6.67. The highest BCUT2D eigenvalue weighted by Crippen LogP contribution is 2.44. The molecule has 3 aromatic rings. The van der Waals surface area contributed by atoms with Crippen molar-refractivity contribution in [2.45, 2.75) is 25.4 Å². The third kappa shape index (κ3) is 4.48. The molecule has 2 aliphatic heterocycles. The van der Waals surface area contributed by atoms with E-state index in [9.17, 15) is 9.59 Å². The zero-order valence-electron chi connectivity index (χ0n) is 18.9. The lowest BCUT2D eigenvalue weighted by molar-refractivity contribution is -0.113. The molecule has 0 aliphatic carbocycles. The molecule has 0 unspecified atom stereocenters. The van der Waals surface area contributed by atoms with E-state index in [1.54, 1.807) is 9.80 Å². The number of benzene rings is 3. The number of anilines is 2. The molecule has 178 valence electrons. The van der Waals surface area contributed by atoms with Crippen molar-refractivity contribution in [2.75, 3.05) is 16.8 Å². The normalized spacial score (nSPS) is 19.5. The maximum Gasteiger partial charge on any atom is 0.332 e. The van der Waals surface area contributed by atoms with Crippen LogP contribution in [0.1, 0.15) is 24.9 Å². The van der Waals surface area contributed by atoms with E-state index in [0.717, 1.165) is 14.5 Å². The van der Waals surface area contributed by atoms with Gasteiger partial charge in [-0.3, -0.25) is 14.6 Å². The van der Waals surface area contributed by atoms with Crippen LogP contribution in [0.4, 0.5) is 16.2 Å². The Morgan fingerprint density at radius 3 is 2.20 bits per heavy atom. The standard InChI is InChI=1S/C27H23Br2N3O3/c1-2-21-16-35-26-23(25(33)30-20-12-8-18(28)9-13-20)24(17-6-4-3-5-7-17)31(27(34)32(21)26)22-14-10-19(29)11-15-22/h3-15,21,24H,2,16H2,1H3,(H,30,33)/t21-,24-/m1/s1. The average Bonchev–Trinajstić information content (AvgIpc) is 3.31. The maximum atomic E-state index is 14.0. The molecule has 0 aromatic heterocycles. The van der Waals surface area contributed by atoms with Crippen LogP contribution in [0.15, 0.2) is 99.3 Å². The van der Waals surface area contributed by atoms with Crippen molar-refractivity contribution in [3.63, 3.8) is 0 Å². The number of urea groups is 1. The SMILES string of the molecule is CC[C@@H]1COC2=C(C(=O)Nc3ccc(Br)cc3)[C@@H](c3ccccc3)N(c3ccc(Br)cc3)C(=O)N21. The van der Waals surface area contributed by atoms with Crippen LogP contribution in [0.5, 0.6) is 0 Å². The number of hydrogen-bond acceptors (Lipinski definition) is 3. The minimum Gasteiger partial charge on any atom is -0.476 e. The molecule has 0 spiro atoms. The lowest BCUT2D eigenvalue weighted by atomic mass is 9.93. The van der Waals surface area contributed by atoms with Gasteiger partial charge < -0.3 is 10.1 Å². The maximum absolute atomic E-state index is 14.0. The highest BCUT2D eigenvalue weighted by molar-refractivity contribution is 9.10. The monoisotopic (exact) mass is 595 g/mol. The first kappa shape index (κ1) is 23.6. The minimum absolute atomic E-state index is 0.150. The van der Waals surface area contributed by atoms with Crippen LogP contribution in [0.2, 0.25) is 0 Å². The smallest absolute Gasteiger partial charge is 0.332 e. The quantitative estimate of drug-likeness (QED) is 0.350. The van der Waals surface area contributed by atoms with E-state index in [4.69, 9.17) is 4.74 Å². The fourth-order valence-corrected chi connectivity index (χ4v) is 5.00. The summed E-state index contributed by atoms with van der Waals surface area (Å²) in [6, 6.07) is 23.5. The summed E-state index contributed by atoms with van der Waals surface area (Å²) in [4.78, 5) is 31.2. The van der Waals surface area contributed by atoms with Crippen molar-refractivity contribution in [1.29, 1.82) is 0 Å². The Morgan fingerprint density at radius 2 is 1.57 bits per heavy atom. The molecule has 3 aromatic carbocycles. The lowest BCUT2D eigenvalue weighted by Crippen LogP contribution is -2.52. The van der Waals surface area contributed by atoms with Gasteiger partial charge in [0.1, 0.15) is 12.2 Å². The number of halogens is 2. The molecule has 8 heteroatoms. The van der Waals surface area contributed by atoms with E-state index in [0.29, 0.717) is 35.9 Å². The van der Waals surface area contributed by atoms with E-state index in [2.05, 4.69) is 37.2 Å². The Morgan fingerprint density at radius 1 is 0.943 bits per heavy atom. The van der Waals surface area contributed by atoms with Gasteiger partial charge in [-0.15, -0.1) is 0 Å². The Bertz CT molecular complexity index is 1280. The summed E-state index contributed by atoms with van der Waals surface area (Å²) in [6.07, 6.45) is 0.709. The van der Waals surface area contributed by atoms with Crippen molar-refractivity contribution >= 4 is 55.2 Å². The van der Waals surface area contributed by atoms with Gasteiger partial charge in [-0.05, 0) is 60.5 Å². The van der Waals surface area contributed by atoms with Gasteiger partial charge in [0, 0.05) is 20.3 Å². The molecule has 0 saturated carbocycles. The van der Waals surface area contributed by atoms with E-state index in [-0.39, 0.29) is 18.0 Å². The molecule has 2 atom stereocenters. The summed E-state index contributed by atoms with van der Waals surface area (Å²) in [7, 11) is 0. The Balaban J connectivity index is 1.68. The number of fused-ring (bicyclic) bond motifs is 1. The van der Waals surface area contributed by atoms with Crippen LogP contribution in [0.25, 0.3) is 0 Å². The molecule has 3 amide bonds. The molecule has 1 fully saturated rings. The molecule has 0 radical (unpaired) electrons. The minimum atomic E-state index is -0.665. The predicted octanol–water partition coefficient (Wildman–Crippen LogP) is 6.85. The number of nitrogens with zero attached hydrogens (tertiary/aromatic N) is 2. The number of amides is 3. The van der Waals surface area contributed by atoms with E-state index in [1.807, 2.05) is 85.8 Å². The number of carbonyl (C=O) groups is 2. The first-order valence-electron chi connectivity index (χ1n) is 11.3. The number of carbonyl (C=O) groups excluding carboxylic acids is 2. The second-order valence-corrected chi connectivity index (χ2v) is 10.2. The molecular formula is C27H23Br2N3O3. The molecular weight excluding hydrogens is 574 g/mol. The highest BCUT2D eigenvalue weighted by atomic mass is 79.9. The molecule has 1 saturated heterocycles. The van der Waals surface area contributed by atoms with Crippen LogP contribution in [-0.4, -0.2) is 29.5 Å². The largest absolute Gasteiger partial charge is 0.476 e. The zero-order valence-corrected chi connectivity index (χ0v) is 22.1. The van der Waals surface area contributed by atoms with Crippen molar-refractivity contribution in [2.24, 2.45) is 0 Å². The summed E-state index contributed by atoms with van der Waals surface area (Å²) in [6.45, 7) is 2.36. The number of nitrogens with one attached hydrogen (secondary N) is 1. The molecule has 2 aliphatic rings. The zero-order chi connectivity index (χ0) is 24.5. The number of ether oxygens (including phenoxy) is 1. The van der Waals surface area contributed by atoms with Crippen molar-refractivity contribution < 1.29 is 14.3 Å². The fraction of sp³-hybridized carbons (Fsp3) is 0.185. The second-order valence-electron chi connectivity index (χ2n) is 8.37. The first-order chi connectivity index (χ1) is 17.0. The Labute approximate surface area is 220 Å². The molecule has 0 bridgehead atoms. The van der Waals surface area contributed by atoms with Gasteiger partial charge in [-0.2, -0.15) is 0 Å². The third-order valence-electron chi connectivity index (χ3n) is 6.21. The van der Waals surface area contributed by atoms with E-state index < -0.39 is 6.04 Å². The molecule has 6 nitrogen and oxygen atoms in total. The van der Waals surface area contributed by atoms with Gasteiger partial charge >= 0.3 is 6.03 Å².